The molecule has 0 unspecified atom stereocenters. The molecule has 1 rings (SSSR count). The molecule has 0 saturated carbocycles. The lowest BCUT2D eigenvalue weighted by Gasteiger charge is -2.04. The number of rotatable bonds is 4. The van der Waals surface area contributed by atoms with Crippen LogP contribution in [0.15, 0.2) is 18.2 Å². The molecule has 0 radical (unpaired) electrons. The lowest BCUT2D eigenvalue weighted by atomic mass is 10.1. The largest absolute Gasteiger partial charge is 0.355 e. The summed E-state index contributed by atoms with van der Waals surface area (Å²) in [5.41, 5.74) is 0.953. The van der Waals surface area contributed by atoms with Gasteiger partial charge in [0.15, 0.2) is 0 Å². The molecule has 0 spiro atoms. The lowest BCUT2D eigenvalue weighted by molar-refractivity contribution is -0.120. The van der Waals surface area contributed by atoms with E-state index in [-0.39, 0.29) is 12.3 Å². The summed E-state index contributed by atoms with van der Waals surface area (Å²) in [6.45, 7) is 0.469. The Morgan fingerprint density at radius 2 is 1.94 bits per heavy atom. The van der Waals surface area contributed by atoms with E-state index in [0.717, 1.165) is 5.56 Å². The number of benzene rings is 1. The minimum Gasteiger partial charge on any atom is -0.355 e. The number of hydrogen-bond acceptors (Lipinski definition) is 2. The maximum atomic E-state index is 11.0. The van der Waals surface area contributed by atoms with Gasteiger partial charge in [0.05, 0.1) is 6.07 Å². The fourth-order valence-electron chi connectivity index (χ4n) is 1.24. The molecule has 1 N–H and O–H groups in total. The second kappa shape index (κ2) is 6.37. The number of nitrogens with zero attached hydrogens (tertiary/aromatic N) is 1. The number of halogens is 2. The van der Waals surface area contributed by atoms with Crippen LogP contribution in [0, 0.1) is 11.3 Å². The maximum absolute atomic E-state index is 11.0. The minimum atomic E-state index is -0.268. The van der Waals surface area contributed by atoms with Crippen molar-refractivity contribution < 1.29 is 4.79 Å². The Labute approximate surface area is 104 Å². The van der Waals surface area contributed by atoms with E-state index in [1.54, 1.807) is 24.3 Å². The van der Waals surface area contributed by atoms with Crippen molar-refractivity contribution in [3.05, 3.63) is 33.8 Å². The van der Waals surface area contributed by atoms with Crippen molar-refractivity contribution in [2.75, 3.05) is 6.54 Å². The van der Waals surface area contributed by atoms with Gasteiger partial charge in [-0.15, -0.1) is 0 Å². The third-order valence-electron chi connectivity index (χ3n) is 1.90. The molecule has 1 aromatic rings. The monoisotopic (exact) mass is 256 g/mol. The van der Waals surface area contributed by atoms with Gasteiger partial charge in [-0.2, -0.15) is 5.26 Å². The fraction of sp³-hybridized carbons (Fsp3) is 0.273. The van der Waals surface area contributed by atoms with Crippen molar-refractivity contribution in [3.8, 4) is 6.07 Å². The first-order valence-corrected chi connectivity index (χ1v) is 5.46. The summed E-state index contributed by atoms with van der Waals surface area (Å²) < 4.78 is 0. The summed E-state index contributed by atoms with van der Waals surface area (Å²) >= 11 is 11.7. The first-order valence-electron chi connectivity index (χ1n) is 4.70. The molecule has 1 aromatic carbocycles. The highest BCUT2D eigenvalue weighted by atomic mass is 35.5. The zero-order valence-corrected chi connectivity index (χ0v) is 9.98. The highest BCUT2D eigenvalue weighted by molar-refractivity contribution is 6.34. The smallest absolute Gasteiger partial charge is 0.234 e. The summed E-state index contributed by atoms with van der Waals surface area (Å²) in [6, 6.07) is 7.02. The van der Waals surface area contributed by atoms with Crippen molar-refractivity contribution in [3.63, 3.8) is 0 Å². The molecule has 1 amide bonds. The van der Waals surface area contributed by atoms with Crippen LogP contribution in [0.5, 0.6) is 0 Å². The van der Waals surface area contributed by atoms with Gasteiger partial charge in [-0.05, 0) is 30.2 Å². The van der Waals surface area contributed by atoms with Crippen LogP contribution in [-0.4, -0.2) is 12.5 Å². The minimum absolute atomic E-state index is 0.115. The molecule has 0 heterocycles. The van der Waals surface area contributed by atoms with Crippen molar-refractivity contribution in [2.24, 2.45) is 0 Å². The molecule has 16 heavy (non-hydrogen) atoms. The van der Waals surface area contributed by atoms with Crippen molar-refractivity contribution in [1.29, 1.82) is 5.26 Å². The number of hydrogen-bond donors (Lipinski definition) is 1. The van der Waals surface area contributed by atoms with Crippen LogP contribution in [0.25, 0.3) is 0 Å². The lowest BCUT2D eigenvalue weighted by Crippen LogP contribution is -2.24. The molecule has 0 aromatic heterocycles. The summed E-state index contributed by atoms with van der Waals surface area (Å²) in [4.78, 5) is 11.0. The van der Waals surface area contributed by atoms with E-state index < -0.39 is 0 Å². The van der Waals surface area contributed by atoms with Gasteiger partial charge in [0.25, 0.3) is 0 Å². The van der Waals surface area contributed by atoms with Crippen LogP contribution in [0.1, 0.15) is 12.0 Å². The Bertz CT molecular complexity index is 406. The first kappa shape index (κ1) is 12.8. The zero-order valence-electron chi connectivity index (χ0n) is 8.46. The molecule has 3 nitrogen and oxygen atoms in total. The Hall–Kier alpha value is -1.24. The van der Waals surface area contributed by atoms with E-state index in [9.17, 15) is 4.79 Å². The van der Waals surface area contributed by atoms with Gasteiger partial charge in [0, 0.05) is 16.6 Å². The first-order chi connectivity index (χ1) is 7.61. The predicted molar refractivity (Wildman–Crippen MR) is 63.4 cm³/mol. The Balaban J connectivity index is 2.43. The molecular weight excluding hydrogens is 247 g/mol. The summed E-state index contributed by atoms with van der Waals surface area (Å²) in [7, 11) is 0. The second-order valence-corrected chi connectivity index (χ2v) is 4.09. The van der Waals surface area contributed by atoms with Gasteiger partial charge < -0.3 is 5.32 Å². The van der Waals surface area contributed by atoms with Gasteiger partial charge in [0.1, 0.15) is 6.42 Å². The van der Waals surface area contributed by atoms with E-state index >= 15 is 0 Å². The number of nitriles is 1. The topological polar surface area (TPSA) is 52.9 Å². The van der Waals surface area contributed by atoms with Crippen LogP contribution in [0.2, 0.25) is 10.0 Å². The number of carbonyl (C=O) groups excluding carboxylic acids is 1. The van der Waals surface area contributed by atoms with Gasteiger partial charge in [0.2, 0.25) is 5.91 Å². The maximum Gasteiger partial charge on any atom is 0.234 e. The zero-order chi connectivity index (χ0) is 12.0. The number of carbonyl (C=O) groups is 1. The van der Waals surface area contributed by atoms with Gasteiger partial charge in [-0.3, -0.25) is 4.79 Å². The molecule has 0 aliphatic carbocycles. The SMILES string of the molecule is N#CCC(=O)NCCc1cc(Cl)cc(Cl)c1. The van der Waals surface area contributed by atoms with Crippen LogP contribution in [0.3, 0.4) is 0 Å². The normalized spacial score (nSPS) is 9.56. The standard InChI is InChI=1S/C11H10Cl2N2O/c12-9-5-8(6-10(13)7-9)2-4-15-11(16)1-3-14/h5-7H,1-2,4H2,(H,15,16). The fourth-order valence-corrected chi connectivity index (χ4v) is 1.81. The highest BCUT2D eigenvalue weighted by Crippen LogP contribution is 2.19. The van der Waals surface area contributed by atoms with E-state index in [4.69, 9.17) is 28.5 Å². The molecule has 0 saturated heterocycles. The van der Waals surface area contributed by atoms with Crippen LogP contribution in [0.4, 0.5) is 0 Å². The summed E-state index contributed by atoms with van der Waals surface area (Å²) in [6.07, 6.45) is 0.522. The van der Waals surface area contributed by atoms with E-state index in [2.05, 4.69) is 5.32 Å². The van der Waals surface area contributed by atoms with Crippen LogP contribution in [-0.2, 0) is 11.2 Å². The van der Waals surface area contributed by atoms with Gasteiger partial charge >= 0.3 is 0 Å². The molecule has 0 aliphatic heterocycles. The van der Waals surface area contributed by atoms with Crippen LogP contribution >= 0.6 is 23.2 Å². The van der Waals surface area contributed by atoms with Gasteiger partial charge in [-0.25, -0.2) is 0 Å². The third kappa shape index (κ3) is 4.52. The Kier molecular flexibility index (Phi) is 5.10. The molecule has 0 atom stereocenters. The average molecular weight is 257 g/mol. The number of amides is 1. The Morgan fingerprint density at radius 3 is 2.50 bits per heavy atom. The van der Waals surface area contributed by atoms with Crippen molar-refractivity contribution >= 4 is 29.1 Å². The van der Waals surface area contributed by atoms with Crippen molar-refractivity contribution in [1.82, 2.24) is 5.32 Å². The van der Waals surface area contributed by atoms with E-state index in [1.165, 1.54) is 0 Å². The predicted octanol–water partition coefficient (Wildman–Crippen LogP) is 2.57. The third-order valence-corrected chi connectivity index (χ3v) is 2.33. The Morgan fingerprint density at radius 1 is 1.31 bits per heavy atom. The highest BCUT2D eigenvalue weighted by Gasteiger charge is 2.01. The van der Waals surface area contributed by atoms with Gasteiger partial charge in [-0.1, -0.05) is 23.2 Å². The molecule has 5 heteroatoms. The average Bonchev–Trinajstić information content (AvgIpc) is 2.16. The molecule has 84 valence electrons. The molecule has 0 aliphatic rings. The number of nitrogens with one attached hydrogen (secondary N) is 1. The quantitative estimate of drug-likeness (QED) is 0.901. The van der Waals surface area contributed by atoms with Crippen molar-refractivity contribution in [2.45, 2.75) is 12.8 Å². The summed E-state index contributed by atoms with van der Waals surface area (Å²) in [5.74, 6) is -0.268. The second-order valence-electron chi connectivity index (χ2n) is 3.21. The van der Waals surface area contributed by atoms with E-state index in [0.29, 0.717) is 23.0 Å². The molecule has 0 fully saturated rings. The summed E-state index contributed by atoms with van der Waals surface area (Å²) in [5, 5.41) is 12.1. The molecular formula is C11H10Cl2N2O. The molecule has 0 bridgehead atoms. The van der Waals surface area contributed by atoms with Crippen LogP contribution < -0.4 is 5.32 Å². The van der Waals surface area contributed by atoms with E-state index in [1.807, 2.05) is 0 Å².